The van der Waals surface area contributed by atoms with Gasteiger partial charge in [-0.15, -0.1) is 0 Å². The Morgan fingerprint density at radius 2 is 2.08 bits per heavy atom. The summed E-state index contributed by atoms with van der Waals surface area (Å²) in [5, 5.41) is 0. The van der Waals surface area contributed by atoms with Gasteiger partial charge in [0.2, 0.25) is 5.91 Å². The highest BCUT2D eigenvalue weighted by molar-refractivity contribution is 9.10. The van der Waals surface area contributed by atoms with Gasteiger partial charge in [-0.25, -0.2) is 4.79 Å². The van der Waals surface area contributed by atoms with E-state index in [1.165, 1.54) is 18.1 Å². The van der Waals surface area contributed by atoms with Crippen LogP contribution in [-0.2, 0) is 14.3 Å². The van der Waals surface area contributed by atoms with E-state index in [-0.39, 0.29) is 5.56 Å². The van der Waals surface area contributed by atoms with Gasteiger partial charge in [0.05, 0.1) is 12.7 Å². The van der Waals surface area contributed by atoms with Crippen molar-refractivity contribution in [2.45, 2.75) is 25.3 Å². The highest BCUT2D eigenvalue weighted by Crippen LogP contribution is 2.23. The molecule has 0 spiro atoms. The van der Waals surface area contributed by atoms with Crippen molar-refractivity contribution in [3.05, 3.63) is 28.2 Å². The average Bonchev–Trinajstić information content (AvgIpc) is 2.59. The quantitative estimate of drug-likeness (QED) is 0.757. The number of primary amides is 1. The van der Waals surface area contributed by atoms with Crippen LogP contribution in [-0.4, -0.2) is 49.0 Å². The molecule has 2 N–H and O–H groups in total. The summed E-state index contributed by atoms with van der Waals surface area (Å²) in [7, 11) is 1.49. The lowest BCUT2D eigenvalue weighted by Crippen LogP contribution is -2.51. The van der Waals surface area contributed by atoms with Crippen molar-refractivity contribution in [3.63, 3.8) is 0 Å². The normalized spacial score (nSPS) is 17.2. The molecule has 24 heavy (non-hydrogen) atoms. The first-order chi connectivity index (χ1) is 11.4. The number of nitrogens with zero attached hydrogens (tertiary/aromatic N) is 1. The van der Waals surface area contributed by atoms with E-state index in [1.54, 1.807) is 12.1 Å². The molecule has 0 bridgehead atoms. The van der Waals surface area contributed by atoms with Crippen LogP contribution in [0.15, 0.2) is 22.7 Å². The Morgan fingerprint density at radius 3 is 2.75 bits per heavy atom. The Morgan fingerprint density at radius 1 is 1.33 bits per heavy atom. The van der Waals surface area contributed by atoms with Gasteiger partial charge in [-0.05, 0) is 53.4 Å². The number of carbonyl (C=O) groups excluding carboxylic acids is 3. The highest BCUT2D eigenvalue weighted by Gasteiger charge is 2.31. The zero-order chi connectivity index (χ0) is 17.7. The van der Waals surface area contributed by atoms with Crippen molar-refractivity contribution in [2.75, 3.05) is 20.3 Å². The van der Waals surface area contributed by atoms with Gasteiger partial charge in [-0.3, -0.25) is 9.59 Å². The SMILES string of the molecule is COc1ccc(Br)c(C(=O)OCC(=O)N2CCCC[C@@H]2C(N)=O)c1. The molecular weight excluding hydrogens is 380 g/mol. The third-order valence-electron chi connectivity index (χ3n) is 3.87. The molecule has 1 fully saturated rings. The number of ether oxygens (including phenoxy) is 2. The van der Waals surface area contributed by atoms with E-state index >= 15 is 0 Å². The van der Waals surface area contributed by atoms with Crippen LogP contribution in [0, 0.1) is 0 Å². The molecule has 1 aromatic carbocycles. The topological polar surface area (TPSA) is 98.9 Å². The zero-order valence-corrected chi connectivity index (χ0v) is 14.9. The zero-order valence-electron chi connectivity index (χ0n) is 13.3. The number of piperidine rings is 1. The van der Waals surface area contributed by atoms with Gasteiger partial charge in [0.1, 0.15) is 11.8 Å². The van der Waals surface area contributed by atoms with E-state index in [1.807, 2.05) is 0 Å². The van der Waals surface area contributed by atoms with Gasteiger partial charge in [0.15, 0.2) is 6.61 Å². The second-order valence-electron chi connectivity index (χ2n) is 5.42. The number of halogens is 1. The van der Waals surface area contributed by atoms with Crippen molar-refractivity contribution in [2.24, 2.45) is 5.73 Å². The maximum Gasteiger partial charge on any atom is 0.339 e. The summed E-state index contributed by atoms with van der Waals surface area (Å²) in [6.45, 7) is -0.000885. The monoisotopic (exact) mass is 398 g/mol. The Labute approximate surface area is 148 Å². The summed E-state index contributed by atoms with van der Waals surface area (Å²) in [4.78, 5) is 37.3. The number of hydrogen-bond donors (Lipinski definition) is 1. The second-order valence-corrected chi connectivity index (χ2v) is 6.28. The lowest BCUT2D eigenvalue weighted by Gasteiger charge is -2.33. The molecule has 0 unspecified atom stereocenters. The van der Waals surface area contributed by atoms with E-state index in [0.717, 1.165) is 12.8 Å². The minimum atomic E-state index is -0.651. The molecule has 2 rings (SSSR count). The fraction of sp³-hybridized carbons (Fsp3) is 0.438. The van der Waals surface area contributed by atoms with Crippen LogP contribution in [0.4, 0.5) is 0 Å². The number of amides is 2. The molecule has 7 nitrogen and oxygen atoms in total. The van der Waals surface area contributed by atoms with Crippen LogP contribution in [0.3, 0.4) is 0 Å². The number of nitrogens with two attached hydrogens (primary N) is 1. The number of methoxy groups -OCH3 is 1. The lowest BCUT2D eigenvalue weighted by atomic mass is 10.0. The van der Waals surface area contributed by atoms with E-state index < -0.39 is 30.4 Å². The van der Waals surface area contributed by atoms with Gasteiger partial charge in [0.25, 0.3) is 5.91 Å². The van der Waals surface area contributed by atoms with Crippen molar-refractivity contribution < 1.29 is 23.9 Å². The van der Waals surface area contributed by atoms with E-state index in [9.17, 15) is 14.4 Å². The predicted molar refractivity (Wildman–Crippen MR) is 89.5 cm³/mol. The number of rotatable bonds is 5. The molecule has 2 amide bonds. The molecular formula is C16H19BrN2O5. The van der Waals surface area contributed by atoms with Gasteiger partial charge in [-0.1, -0.05) is 0 Å². The van der Waals surface area contributed by atoms with Crippen molar-refractivity contribution in [1.29, 1.82) is 0 Å². The Balaban J connectivity index is 2.00. The number of likely N-dealkylation sites (tertiary alicyclic amines) is 1. The van der Waals surface area contributed by atoms with Gasteiger partial charge >= 0.3 is 5.97 Å². The molecule has 0 aliphatic carbocycles. The number of hydrogen-bond acceptors (Lipinski definition) is 5. The Bertz CT molecular complexity index is 649. The fourth-order valence-corrected chi connectivity index (χ4v) is 3.01. The van der Waals surface area contributed by atoms with Crippen LogP contribution in [0.1, 0.15) is 29.6 Å². The largest absolute Gasteiger partial charge is 0.497 e. The first kappa shape index (κ1) is 18.3. The highest BCUT2D eigenvalue weighted by atomic mass is 79.9. The van der Waals surface area contributed by atoms with Gasteiger partial charge < -0.3 is 20.1 Å². The molecule has 1 saturated heterocycles. The van der Waals surface area contributed by atoms with Crippen LogP contribution in [0.5, 0.6) is 5.75 Å². The molecule has 0 saturated carbocycles. The lowest BCUT2D eigenvalue weighted by molar-refractivity contribution is -0.143. The van der Waals surface area contributed by atoms with Crippen molar-refractivity contribution in [1.82, 2.24) is 4.90 Å². The first-order valence-electron chi connectivity index (χ1n) is 7.53. The summed E-state index contributed by atoms with van der Waals surface area (Å²) in [6, 6.07) is 4.24. The minimum absolute atomic E-state index is 0.257. The maximum atomic E-state index is 12.3. The molecule has 1 aromatic rings. The third-order valence-corrected chi connectivity index (χ3v) is 4.56. The third kappa shape index (κ3) is 4.25. The molecule has 1 atom stereocenters. The van der Waals surface area contributed by atoms with Crippen molar-refractivity contribution >= 4 is 33.7 Å². The second kappa shape index (κ2) is 8.14. The summed E-state index contributed by atoms with van der Waals surface area (Å²) in [5.74, 6) is -1.11. The average molecular weight is 399 g/mol. The Hall–Kier alpha value is -2.09. The first-order valence-corrected chi connectivity index (χ1v) is 8.32. The predicted octanol–water partition coefficient (Wildman–Crippen LogP) is 1.48. The fourth-order valence-electron chi connectivity index (χ4n) is 2.60. The summed E-state index contributed by atoms with van der Waals surface area (Å²) in [6.07, 6.45) is 2.18. The molecule has 1 aliphatic rings. The number of benzene rings is 1. The van der Waals surface area contributed by atoms with Gasteiger partial charge in [-0.2, -0.15) is 0 Å². The summed E-state index contributed by atoms with van der Waals surface area (Å²) in [5.41, 5.74) is 5.59. The molecule has 130 valence electrons. The van der Waals surface area contributed by atoms with Crippen molar-refractivity contribution in [3.8, 4) is 5.75 Å². The summed E-state index contributed by atoms with van der Waals surface area (Å²) >= 11 is 3.26. The van der Waals surface area contributed by atoms with Crippen LogP contribution < -0.4 is 10.5 Å². The summed E-state index contributed by atoms with van der Waals surface area (Å²) < 4.78 is 10.7. The molecule has 0 aromatic heterocycles. The Kier molecular flexibility index (Phi) is 6.19. The van der Waals surface area contributed by atoms with Crippen LogP contribution in [0.25, 0.3) is 0 Å². The number of carbonyl (C=O) groups is 3. The minimum Gasteiger partial charge on any atom is -0.497 e. The van der Waals surface area contributed by atoms with Crippen LogP contribution >= 0.6 is 15.9 Å². The number of esters is 1. The smallest absolute Gasteiger partial charge is 0.339 e. The van der Waals surface area contributed by atoms with Crippen LogP contribution in [0.2, 0.25) is 0 Å². The van der Waals surface area contributed by atoms with E-state index in [0.29, 0.717) is 23.2 Å². The standard InChI is InChI=1S/C16H19BrN2O5/c1-23-10-5-6-12(17)11(8-10)16(22)24-9-14(20)19-7-3-2-4-13(19)15(18)21/h5-6,8,13H,2-4,7,9H2,1H3,(H2,18,21)/t13-/m1/s1. The maximum absolute atomic E-state index is 12.3. The molecule has 8 heteroatoms. The van der Waals surface area contributed by atoms with E-state index in [4.69, 9.17) is 15.2 Å². The van der Waals surface area contributed by atoms with E-state index in [2.05, 4.69) is 15.9 Å². The molecule has 1 heterocycles. The molecule has 0 radical (unpaired) electrons. The van der Waals surface area contributed by atoms with Gasteiger partial charge in [0, 0.05) is 11.0 Å². The molecule has 1 aliphatic heterocycles.